The SMILES string of the molecule is COc1ccc(-c2nnc(SCc3cccc(C(F)(F)F)c3)n2-c2ccccc2)cc1. The first-order valence-corrected chi connectivity index (χ1v) is 10.4. The van der Waals surface area contributed by atoms with Crippen LogP contribution < -0.4 is 4.74 Å². The molecule has 0 saturated heterocycles. The van der Waals surface area contributed by atoms with E-state index in [2.05, 4.69) is 10.2 Å². The molecule has 0 spiro atoms. The van der Waals surface area contributed by atoms with E-state index in [1.807, 2.05) is 59.2 Å². The van der Waals surface area contributed by atoms with Gasteiger partial charge in [0, 0.05) is 17.0 Å². The number of hydrogen-bond acceptors (Lipinski definition) is 4. The van der Waals surface area contributed by atoms with Crippen LogP contribution in [0.3, 0.4) is 0 Å². The second kappa shape index (κ2) is 8.85. The lowest BCUT2D eigenvalue weighted by Crippen LogP contribution is -2.05. The summed E-state index contributed by atoms with van der Waals surface area (Å²) in [6.07, 6.45) is -4.37. The predicted molar refractivity (Wildman–Crippen MR) is 114 cm³/mol. The van der Waals surface area contributed by atoms with Crippen molar-refractivity contribution >= 4 is 11.8 Å². The van der Waals surface area contributed by atoms with Crippen LogP contribution in [0, 0.1) is 0 Å². The van der Waals surface area contributed by atoms with Gasteiger partial charge in [-0.05, 0) is 48.0 Å². The Morgan fingerprint density at radius 3 is 2.32 bits per heavy atom. The van der Waals surface area contributed by atoms with Gasteiger partial charge < -0.3 is 4.74 Å². The molecular weight excluding hydrogens is 423 g/mol. The number of ether oxygens (including phenoxy) is 1. The first-order chi connectivity index (χ1) is 15.0. The van der Waals surface area contributed by atoms with E-state index in [4.69, 9.17) is 4.74 Å². The van der Waals surface area contributed by atoms with Gasteiger partial charge >= 0.3 is 6.18 Å². The van der Waals surface area contributed by atoms with Crippen LogP contribution in [0.15, 0.2) is 84.0 Å². The zero-order valence-corrected chi connectivity index (χ0v) is 17.3. The van der Waals surface area contributed by atoms with E-state index in [1.165, 1.54) is 23.9 Å². The number of methoxy groups -OCH3 is 1. The van der Waals surface area contributed by atoms with Gasteiger partial charge in [-0.2, -0.15) is 13.2 Å². The number of thioether (sulfide) groups is 1. The highest BCUT2D eigenvalue weighted by Crippen LogP contribution is 2.33. The van der Waals surface area contributed by atoms with Gasteiger partial charge in [-0.25, -0.2) is 0 Å². The highest BCUT2D eigenvalue weighted by molar-refractivity contribution is 7.98. The summed E-state index contributed by atoms with van der Waals surface area (Å²) in [5.41, 5.74) is 1.62. The fraction of sp³-hybridized carbons (Fsp3) is 0.130. The molecule has 0 N–H and O–H groups in total. The number of para-hydroxylation sites is 1. The molecule has 31 heavy (non-hydrogen) atoms. The number of benzene rings is 3. The predicted octanol–water partition coefficient (Wildman–Crippen LogP) is 6.25. The van der Waals surface area contributed by atoms with Crippen molar-refractivity contribution in [3.63, 3.8) is 0 Å². The molecule has 0 fully saturated rings. The lowest BCUT2D eigenvalue weighted by atomic mass is 10.1. The molecule has 3 aromatic carbocycles. The van der Waals surface area contributed by atoms with E-state index in [9.17, 15) is 13.2 Å². The Morgan fingerprint density at radius 1 is 0.903 bits per heavy atom. The molecule has 4 rings (SSSR count). The molecule has 1 heterocycles. The van der Waals surface area contributed by atoms with Crippen LogP contribution >= 0.6 is 11.8 Å². The highest BCUT2D eigenvalue weighted by Gasteiger charge is 2.30. The second-order valence-electron chi connectivity index (χ2n) is 6.69. The molecule has 0 radical (unpaired) electrons. The summed E-state index contributed by atoms with van der Waals surface area (Å²) in [5, 5.41) is 9.27. The van der Waals surface area contributed by atoms with Gasteiger partial charge in [0.25, 0.3) is 0 Å². The van der Waals surface area contributed by atoms with Gasteiger partial charge in [-0.15, -0.1) is 10.2 Å². The van der Waals surface area contributed by atoms with Crippen LogP contribution in [0.4, 0.5) is 13.2 Å². The maximum atomic E-state index is 13.0. The third-order valence-electron chi connectivity index (χ3n) is 4.62. The van der Waals surface area contributed by atoms with Crippen molar-refractivity contribution in [1.29, 1.82) is 0 Å². The third kappa shape index (κ3) is 4.74. The number of halogens is 3. The van der Waals surface area contributed by atoms with Gasteiger partial charge in [0.1, 0.15) is 5.75 Å². The molecule has 0 aliphatic rings. The van der Waals surface area contributed by atoms with E-state index in [0.717, 1.165) is 23.1 Å². The molecule has 8 heteroatoms. The summed E-state index contributed by atoms with van der Waals surface area (Å²) in [7, 11) is 1.60. The number of rotatable bonds is 6. The fourth-order valence-electron chi connectivity index (χ4n) is 3.09. The molecule has 0 unspecified atom stereocenters. The Kier molecular flexibility index (Phi) is 5.99. The third-order valence-corrected chi connectivity index (χ3v) is 5.62. The lowest BCUT2D eigenvalue weighted by Gasteiger charge is -2.11. The smallest absolute Gasteiger partial charge is 0.416 e. The van der Waals surface area contributed by atoms with Crippen LogP contribution in [-0.4, -0.2) is 21.9 Å². The average molecular weight is 441 g/mol. The summed E-state index contributed by atoms with van der Waals surface area (Å²) in [6.45, 7) is 0. The van der Waals surface area contributed by atoms with Crippen LogP contribution in [-0.2, 0) is 11.9 Å². The molecule has 0 saturated carbocycles. The molecule has 0 amide bonds. The van der Waals surface area contributed by atoms with Crippen molar-refractivity contribution in [1.82, 2.24) is 14.8 Å². The van der Waals surface area contributed by atoms with Crippen LogP contribution in [0.1, 0.15) is 11.1 Å². The molecule has 158 valence electrons. The second-order valence-corrected chi connectivity index (χ2v) is 7.63. The average Bonchev–Trinajstić information content (AvgIpc) is 3.22. The van der Waals surface area contributed by atoms with Crippen molar-refractivity contribution in [3.05, 3.63) is 90.0 Å². The van der Waals surface area contributed by atoms with Crippen molar-refractivity contribution < 1.29 is 17.9 Å². The van der Waals surface area contributed by atoms with Crippen LogP contribution in [0.2, 0.25) is 0 Å². The van der Waals surface area contributed by atoms with E-state index in [-0.39, 0.29) is 0 Å². The molecule has 0 aliphatic carbocycles. The molecule has 1 aromatic heterocycles. The largest absolute Gasteiger partial charge is 0.497 e. The minimum atomic E-state index is -4.37. The standard InChI is InChI=1S/C23H18F3N3OS/c1-30-20-12-10-17(11-13-20)21-27-28-22(29(21)19-8-3-2-4-9-19)31-15-16-6-5-7-18(14-16)23(24,25)26/h2-14H,15H2,1H3. The normalized spacial score (nSPS) is 11.5. The van der Waals surface area contributed by atoms with Gasteiger partial charge in [0.05, 0.1) is 12.7 Å². The van der Waals surface area contributed by atoms with Gasteiger partial charge in [0.2, 0.25) is 0 Å². The van der Waals surface area contributed by atoms with E-state index >= 15 is 0 Å². The zero-order valence-electron chi connectivity index (χ0n) is 16.5. The van der Waals surface area contributed by atoms with E-state index in [0.29, 0.717) is 22.3 Å². The molecule has 0 bridgehead atoms. The summed E-state index contributed by atoms with van der Waals surface area (Å²) < 4.78 is 46.2. The quantitative estimate of drug-likeness (QED) is 0.332. The van der Waals surface area contributed by atoms with Crippen molar-refractivity contribution in [3.8, 4) is 22.8 Å². The topological polar surface area (TPSA) is 39.9 Å². The molecular formula is C23H18F3N3OS. The number of hydrogen-bond donors (Lipinski definition) is 0. The maximum Gasteiger partial charge on any atom is 0.416 e. The lowest BCUT2D eigenvalue weighted by molar-refractivity contribution is -0.137. The Labute approximate surface area is 181 Å². The Morgan fingerprint density at radius 2 is 1.65 bits per heavy atom. The van der Waals surface area contributed by atoms with Crippen molar-refractivity contribution in [2.45, 2.75) is 17.1 Å². The summed E-state index contributed by atoms with van der Waals surface area (Å²) >= 11 is 1.33. The van der Waals surface area contributed by atoms with Crippen molar-refractivity contribution in [2.75, 3.05) is 7.11 Å². The number of aromatic nitrogens is 3. The fourth-order valence-corrected chi connectivity index (χ4v) is 3.98. The van der Waals surface area contributed by atoms with E-state index in [1.54, 1.807) is 13.2 Å². The van der Waals surface area contributed by atoms with Crippen LogP contribution in [0.5, 0.6) is 5.75 Å². The highest BCUT2D eigenvalue weighted by atomic mass is 32.2. The van der Waals surface area contributed by atoms with Gasteiger partial charge in [0.15, 0.2) is 11.0 Å². The number of alkyl halides is 3. The molecule has 0 atom stereocenters. The monoisotopic (exact) mass is 441 g/mol. The number of nitrogens with zero attached hydrogens (tertiary/aromatic N) is 3. The summed E-state index contributed by atoms with van der Waals surface area (Å²) in [4.78, 5) is 0. The Bertz CT molecular complexity index is 1160. The minimum Gasteiger partial charge on any atom is -0.497 e. The van der Waals surface area contributed by atoms with Gasteiger partial charge in [-0.1, -0.05) is 48.2 Å². The van der Waals surface area contributed by atoms with Crippen LogP contribution in [0.25, 0.3) is 17.1 Å². The molecule has 0 aliphatic heterocycles. The maximum absolute atomic E-state index is 13.0. The van der Waals surface area contributed by atoms with E-state index < -0.39 is 11.7 Å². The van der Waals surface area contributed by atoms with Gasteiger partial charge in [-0.3, -0.25) is 4.57 Å². The van der Waals surface area contributed by atoms with Crippen molar-refractivity contribution in [2.24, 2.45) is 0 Å². The Balaban J connectivity index is 1.67. The minimum absolute atomic E-state index is 0.331. The zero-order chi connectivity index (χ0) is 21.8. The molecule has 4 aromatic rings. The Hall–Kier alpha value is -3.26. The first kappa shape index (κ1) is 21.0. The summed E-state index contributed by atoms with van der Waals surface area (Å²) in [6, 6.07) is 22.4. The molecule has 4 nitrogen and oxygen atoms in total. The summed E-state index contributed by atoms with van der Waals surface area (Å²) in [5.74, 6) is 1.70. The first-order valence-electron chi connectivity index (χ1n) is 9.40.